The van der Waals surface area contributed by atoms with Crippen LogP contribution in [0.15, 0.2) is 6.07 Å². The molecule has 0 fully saturated rings. The van der Waals surface area contributed by atoms with Gasteiger partial charge < -0.3 is 5.32 Å². The largest absolute Gasteiger partial charge is 0.309 e. The minimum Gasteiger partial charge on any atom is -0.309 e. The van der Waals surface area contributed by atoms with Crippen LogP contribution in [0.2, 0.25) is 0 Å². The van der Waals surface area contributed by atoms with Gasteiger partial charge in [0.25, 0.3) is 0 Å². The van der Waals surface area contributed by atoms with E-state index in [-0.39, 0.29) is 0 Å². The van der Waals surface area contributed by atoms with Gasteiger partial charge in [-0.2, -0.15) is 0 Å². The molecule has 2 heteroatoms. The summed E-state index contributed by atoms with van der Waals surface area (Å²) in [7, 11) is 0. The van der Waals surface area contributed by atoms with E-state index in [2.05, 4.69) is 38.1 Å². The fourth-order valence-electron chi connectivity index (χ4n) is 1.41. The van der Waals surface area contributed by atoms with Gasteiger partial charge in [-0.25, -0.2) is 0 Å². The molecule has 0 saturated heterocycles. The zero-order chi connectivity index (χ0) is 10.6. The van der Waals surface area contributed by atoms with Crippen molar-refractivity contribution in [2.45, 2.75) is 33.2 Å². The lowest BCUT2D eigenvalue weighted by molar-refractivity contribution is 0.574. The Morgan fingerprint density at radius 3 is 2.71 bits per heavy atom. The van der Waals surface area contributed by atoms with Crippen LogP contribution < -0.4 is 5.32 Å². The molecule has 0 aromatic carbocycles. The molecule has 0 spiro atoms. The van der Waals surface area contributed by atoms with Crippen molar-refractivity contribution in [3.8, 4) is 12.3 Å². The first kappa shape index (κ1) is 11.3. The molecule has 1 N–H and O–H groups in total. The Hall–Kier alpha value is -0.780. The van der Waals surface area contributed by atoms with Crippen LogP contribution in [0, 0.1) is 26.2 Å². The van der Waals surface area contributed by atoms with Gasteiger partial charge in [0.1, 0.15) is 0 Å². The molecular weight excluding hydrogens is 190 g/mol. The highest BCUT2D eigenvalue weighted by Gasteiger charge is 2.12. The first-order valence-corrected chi connectivity index (χ1v) is 5.74. The molecule has 1 rings (SSSR count). The Kier molecular flexibility index (Phi) is 4.19. The van der Waals surface area contributed by atoms with Gasteiger partial charge in [-0.05, 0) is 32.0 Å². The molecule has 0 saturated carbocycles. The Bertz CT molecular complexity index is 313. The molecule has 1 aromatic rings. The molecule has 0 amide bonds. The van der Waals surface area contributed by atoms with E-state index >= 15 is 0 Å². The Morgan fingerprint density at radius 2 is 2.29 bits per heavy atom. The van der Waals surface area contributed by atoms with Gasteiger partial charge in [-0.15, -0.1) is 23.7 Å². The molecule has 0 radical (unpaired) electrons. The summed E-state index contributed by atoms with van der Waals surface area (Å²) in [5, 5.41) is 3.41. The van der Waals surface area contributed by atoms with E-state index in [1.165, 1.54) is 15.3 Å². The minimum atomic E-state index is 0.336. The van der Waals surface area contributed by atoms with Crippen molar-refractivity contribution in [2.24, 2.45) is 0 Å². The Labute approximate surface area is 90.5 Å². The lowest BCUT2D eigenvalue weighted by Gasteiger charge is -2.12. The highest BCUT2D eigenvalue weighted by molar-refractivity contribution is 7.12. The third-order valence-electron chi connectivity index (χ3n) is 2.30. The number of thiophene rings is 1. The summed E-state index contributed by atoms with van der Waals surface area (Å²) in [6, 6.07) is 2.58. The second-order valence-electron chi connectivity index (χ2n) is 3.41. The molecular formula is C12H17NS. The molecule has 1 heterocycles. The predicted octanol–water partition coefficient (Wildman–Crippen LogP) is 3.04. The highest BCUT2D eigenvalue weighted by Crippen LogP contribution is 2.27. The average molecular weight is 207 g/mol. The van der Waals surface area contributed by atoms with E-state index in [9.17, 15) is 0 Å². The van der Waals surface area contributed by atoms with Gasteiger partial charge in [0, 0.05) is 16.2 Å². The lowest BCUT2D eigenvalue weighted by atomic mass is 10.1. The maximum Gasteiger partial charge on any atom is 0.0525 e. The van der Waals surface area contributed by atoms with Crippen molar-refractivity contribution in [3.05, 3.63) is 21.4 Å². The standard InChI is InChI=1S/C12H17NS/c1-5-7-11(13-6-2)12-8-9(3)10(4)14-12/h1,8,11,13H,6-7H2,2-4H3. The second kappa shape index (κ2) is 5.19. The molecule has 0 aliphatic heterocycles. The zero-order valence-corrected chi connectivity index (χ0v) is 9.87. The van der Waals surface area contributed by atoms with Gasteiger partial charge in [-0.1, -0.05) is 6.92 Å². The lowest BCUT2D eigenvalue weighted by Crippen LogP contribution is -2.19. The fraction of sp³-hybridized carbons (Fsp3) is 0.500. The summed E-state index contributed by atoms with van der Waals surface area (Å²) in [6.45, 7) is 7.37. The number of nitrogens with one attached hydrogen (secondary N) is 1. The van der Waals surface area contributed by atoms with Crippen molar-refractivity contribution in [3.63, 3.8) is 0 Å². The highest BCUT2D eigenvalue weighted by atomic mass is 32.1. The van der Waals surface area contributed by atoms with Crippen LogP contribution >= 0.6 is 11.3 Å². The van der Waals surface area contributed by atoms with Crippen LogP contribution in [-0.4, -0.2) is 6.54 Å². The van der Waals surface area contributed by atoms with Crippen molar-refractivity contribution in [2.75, 3.05) is 6.54 Å². The van der Waals surface area contributed by atoms with Crippen LogP contribution in [0.3, 0.4) is 0 Å². The van der Waals surface area contributed by atoms with E-state index in [0.29, 0.717) is 6.04 Å². The Balaban J connectivity index is 2.82. The maximum absolute atomic E-state index is 5.36. The zero-order valence-electron chi connectivity index (χ0n) is 9.05. The van der Waals surface area contributed by atoms with Crippen LogP contribution in [0.1, 0.15) is 34.7 Å². The molecule has 0 bridgehead atoms. The van der Waals surface area contributed by atoms with Gasteiger partial charge in [0.05, 0.1) is 6.04 Å². The molecule has 1 atom stereocenters. The molecule has 76 valence electrons. The molecule has 0 aliphatic rings. The topological polar surface area (TPSA) is 12.0 Å². The third-order valence-corrected chi connectivity index (χ3v) is 3.57. The minimum absolute atomic E-state index is 0.336. The molecule has 14 heavy (non-hydrogen) atoms. The van der Waals surface area contributed by atoms with Crippen molar-refractivity contribution in [1.82, 2.24) is 5.32 Å². The molecule has 1 nitrogen and oxygen atoms in total. The molecule has 0 aliphatic carbocycles. The number of hydrogen-bond acceptors (Lipinski definition) is 2. The summed E-state index contributed by atoms with van der Waals surface area (Å²) in [5.74, 6) is 2.72. The first-order chi connectivity index (χ1) is 6.69. The van der Waals surface area contributed by atoms with E-state index in [1.807, 2.05) is 11.3 Å². The number of rotatable bonds is 4. The van der Waals surface area contributed by atoms with Crippen LogP contribution in [0.5, 0.6) is 0 Å². The van der Waals surface area contributed by atoms with Gasteiger partial charge in [-0.3, -0.25) is 0 Å². The summed E-state index contributed by atoms with van der Waals surface area (Å²) in [5.41, 5.74) is 1.37. The monoisotopic (exact) mass is 207 g/mol. The summed E-state index contributed by atoms with van der Waals surface area (Å²) in [6.07, 6.45) is 6.13. The van der Waals surface area contributed by atoms with Crippen LogP contribution in [-0.2, 0) is 0 Å². The van der Waals surface area contributed by atoms with E-state index in [0.717, 1.165) is 13.0 Å². The quantitative estimate of drug-likeness (QED) is 0.748. The smallest absolute Gasteiger partial charge is 0.0525 e. The van der Waals surface area contributed by atoms with Gasteiger partial charge in [0.2, 0.25) is 0 Å². The van der Waals surface area contributed by atoms with Crippen molar-refractivity contribution < 1.29 is 0 Å². The van der Waals surface area contributed by atoms with Gasteiger partial charge >= 0.3 is 0 Å². The van der Waals surface area contributed by atoms with Crippen LogP contribution in [0.4, 0.5) is 0 Å². The fourth-order valence-corrected chi connectivity index (χ4v) is 2.53. The van der Waals surface area contributed by atoms with Crippen molar-refractivity contribution >= 4 is 11.3 Å². The van der Waals surface area contributed by atoms with Crippen LogP contribution in [0.25, 0.3) is 0 Å². The van der Waals surface area contributed by atoms with Crippen molar-refractivity contribution in [1.29, 1.82) is 0 Å². The first-order valence-electron chi connectivity index (χ1n) is 4.92. The average Bonchev–Trinajstić information content (AvgIpc) is 2.47. The number of terminal acetylenes is 1. The van der Waals surface area contributed by atoms with E-state index < -0.39 is 0 Å². The summed E-state index contributed by atoms with van der Waals surface area (Å²) >= 11 is 1.84. The molecule has 1 unspecified atom stereocenters. The number of hydrogen-bond donors (Lipinski definition) is 1. The number of aryl methyl sites for hydroxylation is 2. The summed E-state index contributed by atoms with van der Waals surface area (Å²) in [4.78, 5) is 2.75. The van der Waals surface area contributed by atoms with Gasteiger partial charge in [0.15, 0.2) is 0 Å². The Morgan fingerprint density at radius 1 is 1.57 bits per heavy atom. The normalized spacial score (nSPS) is 12.4. The maximum atomic E-state index is 5.36. The second-order valence-corrected chi connectivity index (χ2v) is 4.69. The summed E-state index contributed by atoms with van der Waals surface area (Å²) < 4.78 is 0. The predicted molar refractivity (Wildman–Crippen MR) is 63.7 cm³/mol. The molecule has 1 aromatic heterocycles. The third kappa shape index (κ3) is 2.60. The SMILES string of the molecule is C#CCC(NCC)c1cc(C)c(C)s1. The van der Waals surface area contributed by atoms with E-state index in [1.54, 1.807) is 0 Å². The van der Waals surface area contributed by atoms with E-state index in [4.69, 9.17) is 6.42 Å².